The van der Waals surface area contributed by atoms with Crippen molar-refractivity contribution < 1.29 is 14.4 Å². The fourth-order valence-corrected chi connectivity index (χ4v) is 4.68. The first-order valence-electron chi connectivity index (χ1n) is 9.99. The van der Waals surface area contributed by atoms with E-state index in [0.29, 0.717) is 32.5 Å². The predicted molar refractivity (Wildman–Crippen MR) is 101 cm³/mol. The number of carbonyl (C=O) groups is 3. The lowest BCUT2D eigenvalue weighted by molar-refractivity contribution is -0.134. The maximum absolute atomic E-state index is 12.5. The molecule has 0 radical (unpaired) electrons. The second-order valence-electron chi connectivity index (χ2n) is 8.05. The molecule has 1 atom stereocenters. The van der Waals surface area contributed by atoms with Gasteiger partial charge in [-0.15, -0.1) is 0 Å². The molecule has 0 unspecified atom stereocenters. The van der Waals surface area contributed by atoms with E-state index in [1.54, 1.807) is 4.90 Å². The minimum atomic E-state index is -0.181. The van der Waals surface area contributed by atoms with Gasteiger partial charge in [-0.3, -0.25) is 14.4 Å². The highest BCUT2D eigenvalue weighted by Gasteiger charge is 2.46. The molecule has 0 saturated carbocycles. The maximum atomic E-state index is 12.5. The predicted octanol–water partition coefficient (Wildman–Crippen LogP) is 1.66. The van der Waals surface area contributed by atoms with Gasteiger partial charge in [-0.2, -0.15) is 0 Å². The molecule has 6 heteroatoms. The molecule has 1 spiro atoms. The van der Waals surface area contributed by atoms with Gasteiger partial charge in [0.25, 0.3) is 0 Å². The van der Waals surface area contributed by atoms with Crippen LogP contribution in [0.25, 0.3) is 0 Å². The molecule has 3 aliphatic rings. The number of amides is 3. The van der Waals surface area contributed by atoms with Crippen molar-refractivity contribution in [1.82, 2.24) is 15.1 Å². The Kier molecular flexibility index (Phi) is 4.89. The third-order valence-electron chi connectivity index (χ3n) is 6.34. The Morgan fingerprint density at radius 3 is 2.52 bits per heavy atom. The number of piperidine rings is 1. The zero-order valence-electron chi connectivity index (χ0n) is 15.7. The van der Waals surface area contributed by atoms with Gasteiger partial charge in [0.2, 0.25) is 17.7 Å². The van der Waals surface area contributed by atoms with Crippen LogP contribution in [0.15, 0.2) is 30.3 Å². The van der Waals surface area contributed by atoms with Crippen LogP contribution in [-0.4, -0.2) is 59.2 Å². The number of hydrogen-bond acceptors (Lipinski definition) is 3. The molecular weight excluding hydrogens is 342 g/mol. The van der Waals surface area contributed by atoms with Crippen LogP contribution in [0.2, 0.25) is 0 Å². The van der Waals surface area contributed by atoms with Crippen molar-refractivity contribution in [3.63, 3.8) is 0 Å². The van der Waals surface area contributed by atoms with E-state index in [2.05, 4.69) is 5.32 Å². The van der Waals surface area contributed by atoms with Crippen molar-refractivity contribution in [3.05, 3.63) is 35.9 Å². The zero-order chi connectivity index (χ0) is 18.9. The first kappa shape index (κ1) is 18.0. The Bertz CT molecular complexity index is 725. The van der Waals surface area contributed by atoms with Gasteiger partial charge in [-0.05, 0) is 31.2 Å². The van der Waals surface area contributed by atoms with Crippen molar-refractivity contribution in [1.29, 1.82) is 0 Å². The SMILES string of the molecule is O=C1NC2(CCN(C(=O)CCN3CCCC3=O)CC2)C[C@@H]1c1ccccc1. The van der Waals surface area contributed by atoms with Gasteiger partial charge in [0.05, 0.1) is 5.92 Å². The van der Waals surface area contributed by atoms with Crippen molar-refractivity contribution >= 4 is 17.7 Å². The van der Waals surface area contributed by atoms with Gasteiger partial charge in [0.15, 0.2) is 0 Å². The second kappa shape index (κ2) is 7.33. The lowest BCUT2D eigenvalue weighted by Gasteiger charge is -2.39. The van der Waals surface area contributed by atoms with Crippen LogP contribution in [0.1, 0.15) is 50.0 Å². The van der Waals surface area contributed by atoms with Gasteiger partial charge in [0.1, 0.15) is 0 Å². The van der Waals surface area contributed by atoms with E-state index in [4.69, 9.17) is 0 Å². The molecule has 3 saturated heterocycles. The van der Waals surface area contributed by atoms with Gasteiger partial charge in [0, 0.05) is 44.6 Å². The normalized spacial score (nSPS) is 24.5. The molecule has 144 valence electrons. The van der Waals surface area contributed by atoms with Crippen LogP contribution in [0.3, 0.4) is 0 Å². The number of rotatable bonds is 4. The third-order valence-corrected chi connectivity index (χ3v) is 6.34. The highest BCUT2D eigenvalue weighted by Crippen LogP contribution is 2.39. The van der Waals surface area contributed by atoms with Crippen LogP contribution in [-0.2, 0) is 14.4 Å². The molecule has 3 amide bonds. The van der Waals surface area contributed by atoms with Crippen molar-refractivity contribution in [3.8, 4) is 0 Å². The van der Waals surface area contributed by atoms with Gasteiger partial charge < -0.3 is 15.1 Å². The lowest BCUT2D eigenvalue weighted by Crippen LogP contribution is -2.52. The molecule has 4 rings (SSSR count). The highest BCUT2D eigenvalue weighted by molar-refractivity contribution is 5.87. The van der Waals surface area contributed by atoms with Crippen LogP contribution < -0.4 is 5.32 Å². The first-order chi connectivity index (χ1) is 13.1. The summed E-state index contributed by atoms with van der Waals surface area (Å²) in [6, 6.07) is 9.94. The van der Waals surface area contributed by atoms with Gasteiger partial charge in [-0.25, -0.2) is 0 Å². The fourth-order valence-electron chi connectivity index (χ4n) is 4.68. The van der Waals surface area contributed by atoms with Crippen molar-refractivity contribution in [2.75, 3.05) is 26.2 Å². The molecular formula is C21H27N3O3. The number of benzene rings is 1. The summed E-state index contributed by atoms with van der Waals surface area (Å²) in [7, 11) is 0. The summed E-state index contributed by atoms with van der Waals surface area (Å²) < 4.78 is 0. The Labute approximate surface area is 159 Å². The summed E-state index contributed by atoms with van der Waals surface area (Å²) >= 11 is 0. The van der Waals surface area contributed by atoms with E-state index in [1.807, 2.05) is 35.2 Å². The second-order valence-corrected chi connectivity index (χ2v) is 8.05. The van der Waals surface area contributed by atoms with Crippen molar-refractivity contribution in [2.24, 2.45) is 0 Å². The molecule has 6 nitrogen and oxygen atoms in total. The van der Waals surface area contributed by atoms with Crippen LogP contribution >= 0.6 is 0 Å². The lowest BCUT2D eigenvalue weighted by atomic mass is 9.82. The zero-order valence-corrected chi connectivity index (χ0v) is 15.7. The molecule has 0 aliphatic carbocycles. The summed E-state index contributed by atoms with van der Waals surface area (Å²) in [4.78, 5) is 40.4. The average molecular weight is 369 g/mol. The highest BCUT2D eigenvalue weighted by atomic mass is 16.2. The maximum Gasteiger partial charge on any atom is 0.228 e. The Balaban J connectivity index is 1.30. The van der Waals surface area contributed by atoms with E-state index in [1.165, 1.54) is 0 Å². The van der Waals surface area contributed by atoms with E-state index in [-0.39, 0.29) is 29.2 Å². The van der Waals surface area contributed by atoms with Crippen LogP contribution in [0.4, 0.5) is 0 Å². The molecule has 3 heterocycles. The summed E-state index contributed by atoms with van der Waals surface area (Å²) in [6.07, 6.45) is 4.33. The van der Waals surface area contributed by atoms with E-state index >= 15 is 0 Å². The van der Waals surface area contributed by atoms with E-state index in [0.717, 1.165) is 37.8 Å². The third kappa shape index (κ3) is 3.70. The summed E-state index contributed by atoms with van der Waals surface area (Å²) in [5, 5.41) is 3.23. The smallest absolute Gasteiger partial charge is 0.228 e. The van der Waals surface area contributed by atoms with Crippen LogP contribution in [0.5, 0.6) is 0 Å². The summed E-state index contributed by atoms with van der Waals surface area (Å²) in [6.45, 7) is 2.66. The molecule has 0 bridgehead atoms. The standard InChI is InChI=1S/C21H27N3O3/c25-18-7-4-11-23(18)12-8-19(26)24-13-9-21(10-14-24)15-17(20(27)22-21)16-5-2-1-3-6-16/h1-3,5-6,17H,4,7-15H2,(H,22,27)/t17-/m1/s1. The van der Waals surface area contributed by atoms with Gasteiger partial charge >= 0.3 is 0 Å². The molecule has 0 aromatic heterocycles. The Morgan fingerprint density at radius 2 is 1.85 bits per heavy atom. The number of hydrogen-bond donors (Lipinski definition) is 1. The fraction of sp³-hybridized carbons (Fsp3) is 0.571. The number of nitrogens with zero attached hydrogens (tertiary/aromatic N) is 2. The van der Waals surface area contributed by atoms with E-state index in [9.17, 15) is 14.4 Å². The topological polar surface area (TPSA) is 69.7 Å². The first-order valence-corrected chi connectivity index (χ1v) is 9.99. The monoisotopic (exact) mass is 369 g/mol. The Morgan fingerprint density at radius 1 is 1.11 bits per heavy atom. The average Bonchev–Trinajstić information content (AvgIpc) is 3.24. The number of nitrogens with one attached hydrogen (secondary N) is 1. The van der Waals surface area contributed by atoms with Crippen LogP contribution in [0, 0.1) is 0 Å². The minimum Gasteiger partial charge on any atom is -0.350 e. The molecule has 3 fully saturated rings. The minimum absolute atomic E-state index is 0.0883. The largest absolute Gasteiger partial charge is 0.350 e. The summed E-state index contributed by atoms with van der Waals surface area (Å²) in [5.41, 5.74) is 0.889. The molecule has 3 aliphatic heterocycles. The molecule has 1 aromatic carbocycles. The van der Waals surface area contributed by atoms with Crippen molar-refractivity contribution in [2.45, 2.75) is 50.0 Å². The quantitative estimate of drug-likeness (QED) is 0.878. The van der Waals surface area contributed by atoms with E-state index < -0.39 is 0 Å². The molecule has 1 aromatic rings. The molecule has 1 N–H and O–H groups in total. The van der Waals surface area contributed by atoms with Gasteiger partial charge in [-0.1, -0.05) is 30.3 Å². The summed E-state index contributed by atoms with van der Waals surface area (Å²) in [5.74, 6) is 0.303. The molecule has 27 heavy (non-hydrogen) atoms. The number of carbonyl (C=O) groups excluding carboxylic acids is 3. The number of likely N-dealkylation sites (tertiary alicyclic amines) is 2. The Hall–Kier alpha value is -2.37.